The standard InChI is InChI=1S/C11H21N5O2S2/c1-9-7-14-10(19-9)8-15-11(12-2)13-5-4-6-16-20(3,17)18/h7,16H,4-6,8H2,1-3H3,(H2,12,13,15). The highest BCUT2D eigenvalue weighted by Gasteiger charge is 2.02. The van der Waals surface area contributed by atoms with Crippen LogP contribution in [0.4, 0.5) is 0 Å². The summed E-state index contributed by atoms with van der Waals surface area (Å²) >= 11 is 1.64. The molecule has 0 fully saturated rings. The van der Waals surface area contributed by atoms with Crippen LogP contribution in [0.5, 0.6) is 0 Å². The Morgan fingerprint density at radius 1 is 1.40 bits per heavy atom. The van der Waals surface area contributed by atoms with E-state index in [1.54, 1.807) is 18.4 Å². The molecule has 3 N–H and O–H groups in total. The molecule has 0 aromatic carbocycles. The Labute approximate surface area is 124 Å². The first kappa shape index (κ1) is 16.9. The lowest BCUT2D eigenvalue weighted by molar-refractivity contribution is 0.584. The van der Waals surface area contributed by atoms with Crippen molar-refractivity contribution in [2.24, 2.45) is 4.99 Å². The van der Waals surface area contributed by atoms with Gasteiger partial charge in [0, 0.05) is 31.2 Å². The minimum Gasteiger partial charge on any atom is -0.356 e. The molecule has 1 rings (SSSR count). The molecular weight excluding hydrogens is 298 g/mol. The van der Waals surface area contributed by atoms with Gasteiger partial charge in [-0.25, -0.2) is 18.1 Å². The molecule has 0 aliphatic carbocycles. The number of sulfonamides is 1. The summed E-state index contributed by atoms with van der Waals surface area (Å²) in [4.78, 5) is 9.52. The Hall–Kier alpha value is -1.19. The molecule has 1 aromatic heterocycles. The van der Waals surface area contributed by atoms with Gasteiger partial charge in [-0.1, -0.05) is 0 Å². The number of hydrogen-bond donors (Lipinski definition) is 3. The highest BCUT2D eigenvalue weighted by molar-refractivity contribution is 7.88. The molecule has 0 atom stereocenters. The average molecular weight is 319 g/mol. The van der Waals surface area contributed by atoms with E-state index in [2.05, 4.69) is 25.3 Å². The van der Waals surface area contributed by atoms with Gasteiger partial charge in [-0.05, 0) is 13.3 Å². The summed E-state index contributed by atoms with van der Waals surface area (Å²) in [6, 6.07) is 0. The predicted molar refractivity (Wildman–Crippen MR) is 82.5 cm³/mol. The summed E-state index contributed by atoms with van der Waals surface area (Å²) in [6.45, 7) is 3.69. The van der Waals surface area contributed by atoms with Crippen LogP contribution in [0, 0.1) is 6.92 Å². The molecule has 20 heavy (non-hydrogen) atoms. The van der Waals surface area contributed by atoms with Gasteiger partial charge in [0.1, 0.15) is 5.01 Å². The van der Waals surface area contributed by atoms with Crippen LogP contribution in [0.3, 0.4) is 0 Å². The van der Waals surface area contributed by atoms with Crippen molar-refractivity contribution in [2.75, 3.05) is 26.4 Å². The van der Waals surface area contributed by atoms with Crippen LogP contribution in [0.15, 0.2) is 11.2 Å². The van der Waals surface area contributed by atoms with Crippen LogP contribution in [0.25, 0.3) is 0 Å². The average Bonchev–Trinajstić information content (AvgIpc) is 2.77. The molecule has 1 aromatic rings. The SMILES string of the molecule is CN=C(NCCCNS(C)(=O)=O)NCc1ncc(C)s1. The smallest absolute Gasteiger partial charge is 0.208 e. The quantitative estimate of drug-likeness (QED) is 0.375. The third kappa shape index (κ3) is 7.41. The zero-order valence-corrected chi connectivity index (χ0v) is 13.6. The van der Waals surface area contributed by atoms with Gasteiger partial charge < -0.3 is 10.6 Å². The Balaban J connectivity index is 2.20. The second-order valence-corrected chi connectivity index (χ2v) is 7.39. The van der Waals surface area contributed by atoms with E-state index in [0.29, 0.717) is 32.0 Å². The van der Waals surface area contributed by atoms with E-state index in [9.17, 15) is 8.42 Å². The summed E-state index contributed by atoms with van der Waals surface area (Å²) in [7, 11) is -1.41. The molecule has 9 heteroatoms. The maximum absolute atomic E-state index is 10.9. The summed E-state index contributed by atoms with van der Waals surface area (Å²) in [6.07, 6.45) is 3.68. The number of hydrogen-bond acceptors (Lipinski definition) is 5. The van der Waals surface area contributed by atoms with E-state index in [1.165, 1.54) is 4.88 Å². The third-order valence-corrected chi connectivity index (χ3v) is 3.95. The van der Waals surface area contributed by atoms with Crippen molar-refractivity contribution in [1.29, 1.82) is 0 Å². The number of thiazole rings is 1. The lowest BCUT2D eigenvalue weighted by atomic mass is 10.4. The number of nitrogens with zero attached hydrogens (tertiary/aromatic N) is 2. The van der Waals surface area contributed by atoms with Gasteiger partial charge >= 0.3 is 0 Å². The number of nitrogens with one attached hydrogen (secondary N) is 3. The molecule has 0 aliphatic heterocycles. The molecule has 0 saturated carbocycles. The monoisotopic (exact) mass is 319 g/mol. The zero-order valence-electron chi connectivity index (χ0n) is 11.9. The minimum atomic E-state index is -3.10. The molecular formula is C11H21N5O2S2. The zero-order chi connectivity index (χ0) is 15.0. The van der Waals surface area contributed by atoms with Crippen molar-refractivity contribution in [3.8, 4) is 0 Å². The highest BCUT2D eigenvalue weighted by Crippen LogP contribution is 2.10. The fourth-order valence-electron chi connectivity index (χ4n) is 1.42. The summed E-state index contributed by atoms with van der Waals surface area (Å²) < 4.78 is 24.2. The van der Waals surface area contributed by atoms with Crippen LogP contribution >= 0.6 is 11.3 Å². The van der Waals surface area contributed by atoms with Gasteiger partial charge in [0.05, 0.1) is 12.8 Å². The second-order valence-electron chi connectivity index (χ2n) is 4.24. The van der Waals surface area contributed by atoms with Crippen molar-refractivity contribution in [2.45, 2.75) is 19.9 Å². The van der Waals surface area contributed by atoms with Crippen LogP contribution in [-0.2, 0) is 16.6 Å². The van der Waals surface area contributed by atoms with E-state index in [-0.39, 0.29) is 0 Å². The Bertz CT molecular complexity index is 539. The Morgan fingerprint density at radius 3 is 2.70 bits per heavy atom. The van der Waals surface area contributed by atoms with Gasteiger partial charge in [-0.15, -0.1) is 11.3 Å². The molecule has 7 nitrogen and oxygen atoms in total. The van der Waals surface area contributed by atoms with Gasteiger partial charge in [-0.2, -0.15) is 0 Å². The van der Waals surface area contributed by atoms with Crippen LogP contribution in [0.1, 0.15) is 16.3 Å². The Kier molecular flexibility index (Phi) is 6.89. The number of aryl methyl sites for hydroxylation is 1. The van der Waals surface area contributed by atoms with Crippen LogP contribution in [0.2, 0.25) is 0 Å². The maximum Gasteiger partial charge on any atom is 0.208 e. The van der Waals surface area contributed by atoms with Gasteiger partial charge in [0.15, 0.2) is 5.96 Å². The van der Waals surface area contributed by atoms with E-state index in [4.69, 9.17) is 0 Å². The van der Waals surface area contributed by atoms with E-state index >= 15 is 0 Å². The molecule has 0 spiro atoms. The van der Waals surface area contributed by atoms with Crippen molar-refractivity contribution < 1.29 is 8.42 Å². The number of guanidine groups is 1. The number of aliphatic imine (C=N–C) groups is 1. The number of rotatable bonds is 7. The first-order valence-corrected chi connectivity index (χ1v) is 8.92. The predicted octanol–water partition coefficient (Wildman–Crippen LogP) is 0.0558. The Morgan fingerprint density at radius 2 is 2.15 bits per heavy atom. The first-order chi connectivity index (χ1) is 9.40. The number of aromatic nitrogens is 1. The van der Waals surface area contributed by atoms with Gasteiger partial charge in [0.2, 0.25) is 10.0 Å². The summed E-state index contributed by atoms with van der Waals surface area (Å²) in [5.74, 6) is 0.678. The van der Waals surface area contributed by atoms with Crippen molar-refractivity contribution in [3.05, 3.63) is 16.1 Å². The van der Waals surface area contributed by atoms with Crippen molar-refractivity contribution in [1.82, 2.24) is 20.3 Å². The minimum absolute atomic E-state index is 0.411. The lowest BCUT2D eigenvalue weighted by Gasteiger charge is -2.10. The first-order valence-electron chi connectivity index (χ1n) is 6.21. The molecule has 0 saturated heterocycles. The third-order valence-electron chi connectivity index (χ3n) is 2.31. The molecule has 0 radical (unpaired) electrons. The normalized spacial score (nSPS) is 12.4. The molecule has 0 bridgehead atoms. The van der Waals surface area contributed by atoms with Gasteiger partial charge in [-0.3, -0.25) is 4.99 Å². The fourth-order valence-corrected chi connectivity index (χ4v) is 2.66. The largest absolute Gasteiger partial charge is 0.356 e. The van der Waals surface area contributed by atoms with Crippen LogP contribution < -0.4 is 15.4 Å². The topological polar surface area (TPSA) is 95.5 Å². The van der Waals surface area contributed by atoms with E-state index in [0.717, 1.165) is 11.3 Å². The summed E-state index contributed by atoms with van der Waals surface area (Å²) in [5, 5.41) is 7.27. The van der Waals surface area contributed by atoms with E-state index in [1.807, 2.05) is 13.1 Å². The highest BCUT2D eigenvalue weighted by atomic mass is 32.2. The van der Waals surface area contributed by atoms with E-state index < -0.39 is 10.0 Å². The van der Waals surface area contributed by atoms with Crippen molar-refractivity contribution in [3.63, 3.8) is 0 Å². The molecule has 1 heterocycles. The maximum atomic E-state index is 10.9. The molecule has 0 aliphatic rings. The lowest BCUT2D eigenvalue weighted by Crippen LogP contribution is -2.38. The van der Waals surface area contributed by atoms with Crippen LogP contribution in [-0.4, -0.2) is 45.8 Å². The molecule has 0 unspecified atom stereocenters. The molecule has 0 amide bonds. The second kappa shape index (κ2) is 8.18. The fraction of sp³-hybridized carbons (Fsp3) is 0.636. The van der Waals surface area contributed by atoms with Crippen molar-refractivity contribution >= 4 is 27.3 Å². The van der Waals surface area contributed by atoms with Gasteiger partial charge in [0.25, 0.3) is 0 Å². The summed E-state index contributed by atoms with van der Waals surface area (Å²) in [5.41, 5.74) is 0. The molecule has 114 valence electrons.